The zero-order valence-electron chi connectivity index (χ0n) is 11.3. The second kappa shape index (κ2) is 5.96. The van der Waals surface area contributed by atoms with Gasteiger partial charge >= 0.3 is 0 Å². The summed E-state index contributed by atoms with van der Waals surface area (Å²) in [5.41, 5.74) is 0.0646. The van der Waals surface area contributed by atoms with E-state index in [0.29, 0.717) is 5.56 Å². The first kappa shape index (κ1) is 14.6. The summed E-state index contributed by atoms with van der Waals surface area (Å²) in [6.07, 6.45) is 0.209. The molecule has 1 rings (SSSR count). The Hall–Kier alpha value is -1.42. The molecule has 0 saturated heterocycles. The lowest BCUT2D eigenvalue weighted by Crippen LogP contribution is -2.47. The van der Waals surface area contributed by atoms with Gasteiger partial charge in [-0.15, -0.1) is 0 Å². The molecule has 3 nitrogen and oxygen atoms in total. The minimum atomic E-state index is -0.592. The molecule has 100 valence electrons. The van der Waals surface area contributed by atoms with Crippen LogP contribution < -0.4 is 10.1 Å². The van der Waals surface area contributed by atoms with Gasteiger partial charge in [0.15, 0.2) is 17.3 Å². The maximum absolute atomic E-state index is 13.5. The molecule has 1 N–H and O–H groups in total. The topological polar surface area (TPSA) is 38.3 Å². The molecule has 0 aliphatic carbocycles. The van der Waals surface area contributed by atoms with E-state index in [9.17, 15) is 9.18 Å². The zero-order chi connectivity index (χ0) is 13.8. The summed E-state index contributed by atoms with van der Waals surface area (Å²) in [6, 6.07) is 4.60. The molecule has 0 saturated carbocycles. The van der Waals surface area contributed by atoms with E-state index in [1.165, 1.54) is 19.2 Å². The first-order chi connectivity index (χ1) is 8.40. The van der Waals surface area contributed by atoms with Gasteiger partial charge in [-0.25, -0.2) is 4.39 Å². The molecule has 18 heavy (non-hydrogen) atoms. The van der Waals surface area contributed by atoms with Crippen molar-refractivity contribution in [1.82, 2.24) is 5.32 Å². The van der Waals surface area contributed by atoms with Gasteiger partial charge in [-0.05, 0) is 38.1 Å². The minimum Gasteiger partial charge on any atom is -0.494 e. The second-order valence-corrected chi connectivity index (χ2v) is 4.72. The third kappa shape index (κ3) is 3.53. The third-order valence-corrected chi connectivity index (χ3v) is 2.90. The van der Waals surface area contributed by atoms with Crippen LogP contribution in [0.5, 0.6) is 5.75 Å². The predicted octanol–water partition coefficient (Wildman–Crippen LogP) is 2.33. The van der Waals surface area contributed by atoms with Crippen LogP contribution >= 0.6 is 0 Å². The highest BCUT2D eigenvalue weighted by Crippen LogP contribution is 2.19. The van der Waals surface area contributed by atoms with E-state index in [-0.39, 0.29) is 18.0 Å². The summed E-state index contributed by atoms with van der Waals surface area (Å²) in [7, 11) is 1.41. The van der Waals surface area contributed by atoms with Gasteiger partial charge in [0.2, 0.25) is 0 Å². The van der Waals surface area contributed by atoms with Crippen LogP contribution in [0.1, 0.15) is 26.3 Å². The molecule has 0 bridgehead atoms. The van der Waals surface area contributed by atoms with Crippen molar-refractivity contribution < 1.29 is 13.9 Å². The van der Waals surface area contributed by atoms with Gasteiger partial charge in [0.1, 0.15) is 0 Å². The van der Waals surface area contributed by atoms with Crippen molar-refractivity contribution in [1.29, 1.82) is 0 Å². The van der Waals surface area contributed by atoms with Gasteiger partial charge in [-0.3, -0.25) is 4.79 Å². The largest absolute Gasteiger partial charge is 0.494 e. The zero-order valence-corrected chi connectivity index (χ0v) is 11.3. The fourth-order valence-corrected chi connectivity index (χ4v) is 1.77. The highest BCUT2D eigenvalue weighted by molar-refractivity contribution is 5.89. The molecule has 1 aromatic carbocycles. The predicted molar refractivity (Wildman–Crippen MR) is 69.4 cm³/mol. The molecule has 0 aliphatic rings. The van der Waals surface area contributed by atoms with E-state index >= 15 is 0 Å². The Bertz CT molecular complexity index is 430. The second-order valence-electron chi connectivity index (χ2n) is 4.72. The maximum Gasteiger partial charge on any atom is 0.165 e. The van der Waals surface area contributed by atoms with E-state index in [1.807, 2.05) is 20.8 Å². The van der Waals surface area contributed by atoms with Crippen LogP contribution in [0.4, 0.5) is 4.39 Å². The Balaban J connectivity index is 2.79. The van der Waals surface area contributed by atoms with Gasteiger partial charge in [0, 0.05) is 6.42 Å². The molecule has 0 heterocycles. The number of hydrogen-bond donors (Lipinski definition) is 1. The van der Waals surface area contributed by atoms with Crippen molar-refractivity contribution in [2.45, 2.75) is 32.7 Å². The van der Waals surface area contributed by atoms with Crippen LogP contribution in [-0.2, 0) is 11.2 Å². The number of ether oxygens (including phenoxy) is 1. The first-order valence-corrected chi connectivity index (χ1v) is 6.01. The van der Waals surface area contributed by atoms with Crippen LogP contribution in [0.15, 0.2) is 18.2 Å². The highest BCUT2D eigenvalue weighted by atomic mass is 19.1. The highest BCUT2D eigenvalue weighted by Gasteiger charge is 2.25. The van der Waals surface area contributed by atoms with Crippen LogP contribution in [-0.4, -0.2) is 25.0 Å². The number of rotatable bonds is 6. The smallest absolute Gasteiger partial charge is 0.165 e. The molecule has 0 atom stereocenters. The molecule has 0 fully saturated rings. The Morgan fingerprint density at radius 1 is 1.44 bits per heavy atom. The summed E-state index contributed by atoms with van der Waals surface area (Å²) < 4.78 is 18.3. The molecule has 0 unspecified atom stereocenters. The van der Waals surface area contributed by atoms with E-state index in [4.69, 9.17) is 4.74 Å². The molecule has 4 heteroatoms. The molecular formula is C14H20FNO2. The monoisotopic (exact) mass is 253 g/mol. The molecule has 0 aliphatic heterocycles. The molecular weight excluding hydrogens is 233 g/mol. The lowest BCUT2D eigenvalue weighted by atomic mass is 9.93. The van der Waals surface area contributed by atoms with Gasteiger partial charge in [-0.1, -0.05) is 13.0 Å². The number of halogens is 1. The quantitative estimate of drug-likeness (QED) is 0.845. The fraction of sp³-hybridized carbons (Fsp3) is 0.500. The van der Waals surface area contributed by atoms with Gasteiger partial charge in [-0.2, -0.15) is 0 Å². The number of carbonyl (C=O) groups excluding carboxylic acids is 1. The Kier molecular flexibility index (Phi) is 4.84. The number of benzene rings is 1. The van der Waals surface area contributed by atoms with Gasteiger partial charge < -0.3 is 10.1 Å². The van der Waals surface area contributed by atoms with Crippen LogP contribution in [0.2, 0.25) is 0 Å². The molecule has 0 amide bonds. The number of methoxy groups -OCH3 is 1. The average molecular weight is 253 g/mol. The lowest BCUT2D eigenvalue weighted by Gasteiger charge is -2.24. The maximum atomic E-state index is 13.5. The van der Waals surface area contributed by atoms with Crippen molar-refractivity contribution in [2.75, 3.05) is 13.7 Å². The third-order valence-electron chi connectivity index (χ3n) is 2.90. The number of likely N-dealkylation sites (N-methyl/N-ethyl adjacent to an activating group) is 1. The van der Waals surface area contributed by atoms with E-state index in [1.54, 1.807) is 6.07 Å². The molecule has 1 aromatic rings. The first-order valence-electron chi connectivity index (χ1n) is 6.01. The number of hydrogen-bond acceptors (Lipinski definition) is 3. The number of nitrogens with one attached hydrogen (secondary N) is 1. The van der Waals surface area contributed by atoms with E-state index in [0.717, 1.165) is 6.54 Å². The van der Waals surface area contributed by atoms with E-state index in [2.05, 4.69) is 5.32 Å². The molecule has 0 aromatic heterocycles. The van der Waals surface area contributed by atoms with Crippen molar-refractivity contribution in [3.8, 4) is 5.75 Å². The minimum absolute atomic E-state index is 0.0360. The van der Waals surface area contributed by atoms with Crippen LogP contribution in [0.25, 0.3) is 0 Å². The van der Waals surface area contributed by atoms with Crippen molar-refractivity contribution in [2.24, 2.45) is 0 Å². The van der Waals surface area contributed by atoms with Crippen LogP contribution in [0.3, 0.4) is 0 Å². The van der Waals surface area contributed by atoms with Crippen LogP contribution in [0, 0.1) is 5.82 Å². The van der Waals surface area contributed by atoms with E-state index < -0.39 is 11.4 Å². The molecule has 0 radical (unpaired) electrons. The van der Waals surface area contributed by atoms with Crippen molar-refractivity contribution in [3.63, 3.8) is 0 Å². The number of Topliss-reactive ketones (excluding diaryl/α,β-unsaturated/α-hetero) is 1. The SMILES string of the molecule is CCNC(C)(C)C(=O)Cc1ccc(OC)c(F)c1. The van der Waals surface area contributed by atoms with Gasteiger partial charge in [0.05, 0.1) is 12.6 Å². The number of carbonyl (C=O) groups is 1. The summed E-state index contributed by atoms with van der Waals surface area (Å²) in [5, 5.41) is 3.11. The normalized spacial score (nSPS) is 11.4. The standard InChI is InChI=1S/C14H20FNO2/c1-5-16-14(2,3)13(17)9-10-6-7-12(18-4)11(15)8-10/h6-8,16H,5,9H2,1-4H3. The Labute approximate surface area is 107 Å². The van der Waals surface area contributed by atoms with Gasteiger partial charge in [0.25, 0.3) is 0 Å². The van der Waals surface area contributed by atoms with Crippen molar-refractivity contribution in [3.05, 3.63) is 29.6 Å². The summed E-state index contributed by atoms with van der Waals surface area (Å²) in [4.78, 5) is 12.1. The summed E-state index contributed by atoms with van der Waals surface area (Å²) in [5.74, 6) is -0.213. The van der Waals surface area contributed by atoms with Crippen molar-refractivity contribution >= 4 is 5.78 Å². The lowest BCUT2D eigenvalue weighted by molar-refractivity contribution is -0.123. The average Bonchev–Trinajstić information content (AvgIpc) is 2.29. The Morgan fingerprint density at radius 2 is 2.11 bits per heavy atom. The summed E-state index contributed by atoms with van der Waals surface area (Å²) >= 11 is 0. The number of ketones is 1. The fourth-order valence-electron chi connectivity index (χ4n) is 1.77. The summed E-state index contributed by atoms with van der Waals surface area (Å²) in [6.45, 7) is 6.33. The Morgan fingerprint density at radius 3 is 2.61 bits per heavy atom. The molecule has 0 spiro atoms.